The second-order valence-corrected chi connectivity index (χ2v) is 2.43. The smallest absolute Gasteiger partial charge is 0.0920 e. The summed E-state index contributed by atoms with van der Waals surface area (Å²) in [5.74, 6) is 0. The van der Waals surface area contributed by atoms with Gasteiger partial charge in [-0.3, -0.25) is 0 Å². The first-order chi connectivity index (χ1) is 3.66. The molecule has 0 radical (unpaired) electrons. The van der Waals surface area contributed by atoms with E-state index in [0.717, 1.165) is 5.03 Å². The third kappa shape index (κ3) is 4.28. The second-order valence-electron chi connectivity index (χ2n) is 1.59. The first-order valence-electron chi connectivity index (χ1n) is 2.27. The van der Waals surface area contributed by atoms with Crippen LogP contribution in [0.2, 0.25) is 0 Å². The van der Waals surface area contributed by atoms with Gasteiger partial charge >= 0.3 is 0 Å². The minimum Gasteiger partial charge on any atom is -0.366 e. The number of alkyl halides is 1. The highest BCUT2D eigenvalue weighted by atomic mass is 35.5. The molecule has 0 aromatic rings. The Hall–Kier alpha value is 0.120. The normalized spacial score (nSPS) is 11.8. The van der Waals surface area contributed by atoms with E-state index in [4.69, 9.17) is 23.2 Å². The van der Waals surface area contributed by atoms with E-state index >= 15 is 0 Å². The fourth-order valence-electron chi connectivity index (χ4n) is 0.338. The molecule has 48 valence electrons. The van der Waals surface area contributed by atoms with E-state index in [1.807, 2.05) is 14.0 Å². The predicted molar refractivity (Wildman–Crippen MR) is 38.1 cm³/mol. The van der Waals surface area contributed by atoms with Gasteiger partial charge in [0.15, 0.2) is 0 Å². The van der Waals surface area contributed by atoms with E-state index in [2.05, 4.69) is 0 Å². The van der Waals surface area contributed by atoms with Crippen LogP contribution in [0, 0.1) is 0 Å². The Bertz CT molecular complexity index is 86.4. The summed E-state index contributed by atoms with van der Waals surface area (Å²) < 4.78 is 0. The summed E-state index contributed by atoms with van der Waals surface area (Å²) in [5.41, 5.74) is 0. The van der Waals surface area contributed by atoms with E-state index in [1.165, 1.54) is 0 Å². The third-order valence-corrected chi connectivity index (χ3v) is 1.06. The van der Waals surface area contributed by atoms with Crippen molar-refractivity contribution in [1.29, 1.82) is 0 Å². The molecule has 0 heterocycles. The lowest BCUT2D eigenvalue weighted by Crippen LogP contribution is -2.06. The minimum absolute atomic E-state index is 0.476. The summed E-state index contributed by atoms with van der Waals surface area (Å²) in [4.78, 5) is 1.80. The third-order valence-electron chi connectivity index (χ3n) is 0.587. The summed E-state index contributed by atoms with van der Waals surface area (Å²) >= 11 is 10.9. The lowest BCUT2D eigenvalue weighted by Gasteiger charge is -2.07. The number of allylic oxidation sites excluding steroid dienone is 1. The highest BCUT2D eigenvalue weighted by Crippen LogP contribution is 1.99. The molecule has 0 spiro atoms. The van der Waals surface area contributed by atoms with Crippen LogP contribution < -0.4 is 0 Å². The van der Waals surface area contributed by atoms with Gasteiger partial charge in [0.2, 0.25) is 0 Å². The molecule has 0 bridgehead atoms. The van der Waals surface area contributed by atoms with Crippen molar-refractivity contribution in [3.63, 3.8) is 0 Å². The lowest BCUT2D eigenvalue weighted by molar-refractivity contribution is 0.535. The number of nitrogens with zero attached hydrogens (tertiary/aromatic N) is 1. The maximum absolute atomic E-state index is 5.51. The van der Waals surface area contributed by atoms with Gasteiger partial charge < -0.3 is 4.90 Å². The van der Waals surface area contributed by atoms with Gasteiger partial charge in [0.1, 0.15) is 0 Å². The van der Waals surface area contributed by atoms with Gasteiger partial charge in [-0.05, 0) is 6.92 Å². The molecule has 0 saturated heterocycles. The van der Waals surface area contributed by atoms with E-state index in [-0.39, 0.29) is 0 Å². The van der Waals surface area contributed by atoms with Crippen molar-refractivity contribution in [3.8, 4) is 0 Å². The van der Waals surface area contributed by atoms with Crippen LogP contribution >= 0.6 is 23.2 Å². The number of rotatable bonds is 2. The fourth-order valence-corrected chi connectivity index (χ4v) is 0.574. The zero-order chi connectivity index (χ0) is 6.57. The van der Waals surface area contributed by atoms with Gasteiger partial charge in [0, 0.05) is 18.3 Å². The van der Waals surface area contributed by atoms with Gasteiger partial charge in [-0.1, -0.05) is 11.6 Å². The lowest BCUT2D eigenvalue weighted by atomic mass is 10.6. The first kappa shape index (κ1) is 8.12. The Morgan fingerprint density at radius 3 is 2.38 bits per heavy atom. The average molecular weight is 154 g/mol. The summed E-state index contributed by atoms with van der Waals surface area (Å²) in [6.07, 6.45) is 1.77. The Labute approximate surface area is 59.9 Å². The van der Waals surface area contributed by atoms with Crippen LogP contribution in [0.3, 0.4) is 0 Å². The molecular formula is C5H9Cl2N. The standard InChI is InChI=1S/C5H9Cl2N/c1-5(7)3-8(2)4-6/h3H,4H2,1-2H3/b5-3+. The molecule has 0 amide bonds. The topological polar surface area (TPSA) is 3.24 Å². The van der Waals surface area contributed by atoms with Crippen molar-refractivity contribution in [3.05, 3.63) is 11.2 Å². The molecule has 0 rings (SSSR count). The van der Waals surface area contributed by atoms with Crippen LogP contribution in [0.4, 0.5) is 0 Å². The van der Waals surface area contributed by atoms with Crippen LogP contribution in [0.25, 0.3) is 0 Å². The van der Waals surface area contributed by atoms with E-state index in [9.17, 15) is 0 Å². The molecule has 0 aliphatic heterocycles. The molecule has 0 aliphatic rings. The Kier molecular flexibility index (Phi) is 4.11. The molecule has 3 heteroatoms. The van der Waals surface area contributed by atoms with Crippen molar-refractivity contribution in [2.24, 2.45) is 0 Å². The average Bonchev–Trinajstić information content (AvgIpc) is 1.65. The van der Waals surface area contributed by atoms with Gasteiger partial charge in [-0.15, -0.1) is 11.6 Å². The van der Waals surface area contributed by atoms with Gasteiger partial charge in [0.25, 0.3) is 0 Å². The number of hydrogen-bond donors (Lipinski definition) is 0. The van der Waals surface area contributed by atoms with E-state index < -0.39 is 0 Å². The summed E-state index contributed by atoms with van der Waals surface area (Å²) in [7, 11) is 1.86. The van der Waals surface area contributed by atoms with Crippen molar-refractivity contribution in [2.45, 2.75) is 6.92 Å². The fraction of sp³-hybridized carbons (Fsp3) is 0.600. The Morgan fingerprint density at radius 2 is 2.25 bits per heavy atom. The van der Waals surface area contributed by atoms with Crippen molar-refractivity contribution in [2.75, 3.05) is 13.1 Å². The van der Waals surface area contributed by atoms with Crippen LogP contribution in [0.1, 0.15) is 6.92 Å². The zero-order valence-electron chi connectivity index (χ0n) is 4.99. The van der Waals surface area contributed by atoms with Gasteiger partial charge in [-0.25, -0.2) is 0 Å². The van der Waals surface area contributed by atoms with Crippen molar-refractivity contribution in [1.82, 2.24) is 4.90 Å². The molecule has 0 aromatic heterocycles. The quantitative estimate of drug-likeness (QED) is 0.435. The molecular weight excluding hydrogens is 145 g/mol. The van der Waals surface area contributed by atoms with Crippen LogP contribution in [-0.2, 0) is 0 Å². The predicted octanol–water partition coefficient (Wildman–Crippen LogP) is 2.21. The second kappa shape index (κ2) is 4.04. The molecule has 0 fully saturated rings. The Morgan fingerprint density at radius 1 is 1.75 bits per heavy atom. The molecule has 0 unspecified atom stereocenters. The molecule has 0 atom stereocenters. The summed E-state index contributed by atoms with van der Waals surface area (Å²) in [6, 6.07) is 0.476. The largest absolute Gasteiger partial charge is 0.366 e. The molecule has 1 nitrogen and oxygen atoms in total. The zero-order valence-corrected chi connectivity index (χ0v) is 6.50. The maximum Gasteiger partial charge on any atom is 0.0920 e. The van der Waals surface area contributed by atoms with E-state index in [1.54, 1.807) is 11.1 Å². The highest BCUT2D eigenvalue weighted by Gasteiger charge is 1.85. The number of hydrogen-bond acceptors (Lipinski definition) is 1. The van der Waals surface area contributed by atoms with E-state index in [0.29, 0.717) is 6.00 Å². The summed E-state index contributed by atoms with van der Waals surface area (Å²) in [5, 5.41) is 0.744. The highest BCUT2D eigenvalue weighted by molar-refractivity contribution is 6.29. The van der Waals surface area contributed by atoms with Gasteiger partial charge in [0.05, 0.1) is 6.00 Å². The maximum atomic E-state index is 5.51. The van der Waals surface area contributed by atoms with Crippen LogP contribution in [0.5, 0.6) is 0 Å². The monoisotopic (exact) mass is 153 g/mol. The van der Waals surface area contributed by atoms with Gasteiger partial charge in [-0.2, -0.15) is 0 Å². The van der Waals surface area contributed by atoms with Crippen molar-refractivity contribution >= 4 is 23.2 Å². The Balaban J connectivity index is 3.51. The number of halogens is 2. The first-order valence-corrected chi connectivity index (χ1v) is 3.18. The molecule has 0 saturated carbocycles. The van der Waals surface area contributed by atoms with Crippen LogP contribution in [-0.4, -0.2) is 18.0 Å². The molecule has 0 aliphatic carbocycles. The molecule has 0 aromatic carbocycles. The van der Waals surface area contributed by atoms with Crippen molar-refractivity contribution < 1.29 is 0 Å². The minimum atomic E-state index is 0.476. The summed E-state index contributed by atoms with van der Waals surface area (Å²) in [6.45, 7) is 1.81. The molecule has 0 N–H and O–H groups in total. The molecule has 8 heavy (non-hydrogen) atoms. The SMILES string of the molecule is C/C(Cl)=C\N(C)CCl. The van der Waals surface area contributed by atoms with Crippen LogP contribution in [0.15, 0.2) is 11.2 Å².